The van der Waals surface area contributed by atoms with Crippen molar-refractivity contribution in [3.63, 3.8) is 0 Å². The Bertz CT molecular complexity index is 883. The first-order chi connectivity index (χ1) is 16.1. The van der Waals surface area contributed by atoms with Crippen LogP contribution in [0.3, 0.4) is 0 Å². The van der Waals surface area contributed by atoms with Crippen LogP contribution in [-0.4, -0.2) is 84.0 Å². The molecule has 1 rings (SSSR count). The molecule has 0 unspecified atom stereocenters. The second-order valence-electron chi connectivity index (χ2n) is 7.62. The third kappa shape index (κ3) is 10.3. The number of rotatable bonds is 15. The number of carbonyl (C=O) groups excluding carboxylic acids is 3. The number of carbonyl (C=O) groups is 4. The highest BCUT2D eigenvalue weighted by atomic mass is 32.2. The second-order valence-corrected chi connectivity index (χ2v) is 8.61. The van der Waals surface area contributed by atoms with Crippen LogP contribution in [0.25, 0.3) is 0 Å². The summed E-state index contributed by atoms with van der Waals surface area (Å²) in [5.74, 6) is -1.72. The SMILES string of the molecule is CSCCCCCC(=O)N(C)[C@@H](CC(=O)O)C(=O)NCCN(C)C(=O)OCc1oc(=O)oc1C. The average molecular weight is 504 g/mol. The number of ether oxygens (including phenoxy) is 1. The van der Waals surface area contributed by atoms with Gasteiger partial charge in [-0.3, -0.25) is 14.4 Å². The van der Waals surface area contributed by atoms with Crippen LogP contribution in [-0.2, 0) is 25.7 Å². The highest BCUT2D eigenvalue weighted by Crippen LogP contribution is 2.10. The van der Waals surface area contributed by atoms with E-state index in [0.717, 1.165) is 23.5 Å². The minimum absolute atomic E-state index is 0.0110. The third-order valence-electron chi connectivity index (χ3n) is 4.99. The van der Waals surface area contributed by atoms with Gasteiger partial charge in [-0.2, -0.15) is 11.8 Å². The summed E-state index contributed by atoms with van der Waals surface area (Å²) >= 11 is 1.73. The minimum atomic E-state index is -1.21. The van der Waals surface area contributed by atoms with Crippen LogP contribution in [0.15, 0.2) is 13.6 Å². The lowest BCUT2D eigenvalue weighted by Gasteiger charge is -2.26. The number of hydrogen-bond donors (Lipinski definition) is 2. The average Bonchev–Trinajstić information content (AvgIpc) is 3.11. The molecule has 0 bridgehead atoms. The first-order valence-electron chi connectivity index (χ1n) is 10.8. The third-order valence-corrected chi connectivity index (χ3v) is 5.69. The summed E-state index contributed by atoms with van der Waals surface area (Å²) in [7, 11) is 2.85. The maximum atomic E-state index is 12.6. The van der Waals surface area contributed by atoms with Crippen molar-refractivity contribution >= 4 is 35.6 Å². The van der Waals surface area contributed by atoms with Gasteiger partial charge in [0.05, 0.1) is 6.42 Å². The molecule has 0 saturated heterocycles. The van der Waals surface area contributed by atoms with Crippen molar-refractivity contribution in [2.24, 2.45) is 0 Å². The van der Waals surface area contributed by atoms with Crippen molar-refractivity contribution < 1.29 is 37.9 Å². The molecule has 0 aromatic carbocycles. The molecule has 0 spiro atoms. The fraction of sp³-hybridized carbons (Fsp3) is 0.667. The molecule has 1 atom stereocenters. The van der Waals surface area contributed by atoms with E-state index in [0.29, 0.717) is 6.42 Å². The van der Waals surface area contributed by atoms with E-state index in [1.54, 1.807) is 11.8 Å². The minimum Gasteiger partial charge on any atom is -0.481 e. The van der Waals surface area contributed by atoms with Crippen molar-refractivity contribution in [2.75, 3.05) is 39.2 Å². The zero-order valence-corrected chi connectivity index (χ0v) is 20.8. The molecule has 13 heteroatoms. The van der Waals surface area contributed by atoms with E-state index in [4.69, 9.17) is 9.15 Å². The van der Waals surface area contributed by atoms with Gasteiger partial charge in [-0.25, -0.2) is 9.59 Å². The molecule has 12 nitrogen and oxygen atoms in total. The molecule has 0 aliphatic rings. The van der Waals surface area contributed by atoms with Gasteiger partial charge in [-0.05, 0) is 31.8 Å². The van der Waals surface area contributed by atoms with Crippen molar-refractivity contribution in [1.29, 1.82) is 0 Å². The number of likely N-dealkylation sites (N-methyl/N-ethyl adjacent to an activating group) is 2. The first kappa shape index (κ1) is 29.1. The van der Waals surface area contributed by atoms with Gasteiger partial charge in [0, 0.05) is 33.6 Å². The molecule has 1 aromatic heterocycles. The lowest BCUT2D eigenvalue weighted by atomic mass is 10.1. The maximum absolute atomic E-state index is 12.6. The molecule has 0 aliphatic carbocycles. The molecule has 34 heavy (non-hydrogen) atoms. The molecule has 0 aliphatic heterocycles. The van der Waals surface area contributed by atoms with E-state index >= 15 is 0 Å². The van der Waals surface area contributed by atoms with E-state index in [9.17, 15) is 29.1 Å². The summed E-state index contributed by atoms with van der Waals surface area (Å²) in [5.41, 5.74) is 0. The number of amides is 3. The number of nitrogens with zero attached hydrogens (tertiary/aromatic N) is 2. The van der Waals surface area contributed by atoms with Crippen LogP contribution in [0.2, 0.25) is 0 Å². The Balaban J connectivity index is 2.50. The lowest BCUT2D eigenvalue weighted by Crippen LogP contribution is -2.50. The Hall–Kier alpha value is -2.96. The highest BCUT2D eigenvalue weighted by Gasteiger charge is 2.29. The predicted molar refractivity (Wildman–Crippen MR) is 123 cm³/mol. The summed E-state index contributed by atoms with van der Waals surface area (Å²) in [5, 5.41) is 11.7. The first-order valence-corrected chi connectivity index (χ1v) is 12.2. The fourth-order valence-electron chi connectivity index (χ4n) is 2.92. The Morgan fingerprint density at radius 2 is 1.85 bits per heavy atom. The van der Waals surface area contributed by atoms with E-state index in [-0.39, 0.29) is 43.5 Å². The quantitative estimate of drug-likeness (QED) is 0.335. The monoisotopic (exact) mass is 503 g/mol. The van der Waals surface area contributed by atoms with Gasteiger partial charge < -0.3 is 33.8 Å². The van der Waals surface area contributed by atoms with Gasteiger partial charge in [-0.1, -0.05) is 6.42 Å². The number of carboxylic acid groups (broad SMARTS) is 1. The van der Waals surface area contributed by atoms with Gasteiger partial charge in [0.1, 0.15) is 6.04 Å². The molecule has 0 saturated carbocycles. The molecule has 0 radical (unpaired) electrons. The van der Waals surface area contributed by atoms with Crippen LogP contribution < -0.4 is 11.1 Å². The van der Waals surface area contributed by atoms with Crippen LogP contribution >= 0.6 is 11.8 Å². The molecule has 3 amide bonds. The van der Waals surface area contributed by atoms with E-state index < -0.39 is 36.3 Å². The van der Waals surface area contributed by atoms with Crippen LogP contribution in [0, 0.1) is 6.92 Å². The summed E-state index contributed by atoms with van der Waals surface area (Å²) in [6.07, 6.45) is 3.52. The van der Waals surface area contributed by atoms with Gasteiger partial charge in [-0.15, -0.1) is 0 Å². The summed E-state index contributed by atoms with van der Waals surface area (Å²) in [4.78, 5) is 61.7. The van der Waals surface area contributed by atoms with E-state index in [2.05, 4.69) is 9.73 Å². The van der Waals surface area contributed by atoms with Gasteiger partial charge in [0.15, 0.2) is 18.1 Å². The van der Waals surface area contributed by atoms with E-state index in [1.807, 2.05) is 6.26 Å². The Morgan fingerprint density at radius 1 is 1.15 bits per heavy atom. The number of unbranched alkanes of at least 4 members (excludes halogenated alkanes) is 2. The van der Waals surface area contributed by atoms with Crippen molar-refractivity contribution in [3.8, 4) is 0 Å². The Labute approximate surface area is 202 Å². The summed E-state index contributed by atoms with van der Waals surface area (Å²) in [6.45, 7) is 1.27. The number of carboxylic acids is 1. The number of nitrogens with one attached hydrogen (secondary N) is 1. The zero-order chi connectivity index (χ0) is 25.7. The maximum Gasteiger partial charge on any atom is 0.519 e. The fourth-order valence-corrected chi connectivity index (χ4v) is 3.41. The summed E-state index contributed by atoms with van der Waals surface area (Å²) in [6, 6.07) is -1.17. The van der Waals surface area contributed by atoms with Crippen LogP contribution in [0.4, 0.5) is 4.79 Å². The van der Waals surface area contributed by atoms with Crippen LogP contribution in [0.5, 0.6) is 0 Å². The number of aliphatic carboxylic acids is 1. The predicted octanol–water partition coefficient (Wildman–Crippen LogP) is 1.45. The highest BCUT2D eigenvalue weighted by molar-refractivity contribution is 7.98. The largest absolute Gasteiger partial charge is 0.519 e. The Morgan fingerprint density at radius 3 is 2.44 bits per heavy atom. The molecule has 192 valence electrons. The lowest BCUT2D eigenvalue weighted by molar-refractivity contribution is -0.145. The molecule has 1 heterocycles. The molecular formula is C21H33N3O9S. The molecule has 2 N–H and O–H groups in total. The molecular weight excluding hydrogens is 470 g/mol. The van der Waals surface area contributed by atoms with Crippen LogP contribution in [0.1, 0.15) is 43.6 Å². The summed E-state index contributed by atoms with van der Waals surface area (Å²) < 4.78 is 14.4. The van der Waals surface area contributed by atoms with E-state index in [1.165, 1.54) is 25.9 Å². The molecule has 1 aromatic rings. The molecule has 0 fully saturated rings. The van der Waals surface area contributed by atoms with Gasteiger partial charge in [0.25, 0.3) is 0 Å². The number of thioether (sulfide) groups is 1. The normalized spacial score (nSPS) is 11.5. The second kappa shape index (κ2) is 15.0. The number of aryl methyl sites for hydroxylation is 1. The van der Waals surface area contributed by atoms with Gasteiger partial charge in [0.2, 0.25) is 11.8 Å². The van der Waals surface area contributed by atoms with Gasteiger partial charge >= 0.3 is 17.9 Å². The smallest absolute Gasteiger partial charge is 0.481 e. The topological polar surface area (TPSA) is 160 Å². The standard InChI is InChI=1S/C21H33N3O9S/c1-14-16(33-21(30)32-14)13-31-20(29)23(2)10-9-22-19(28)15(12-18(26)27)24(3)17(25)8-6-5-7-11-34-4/h15H,5-13H2,1-4H3,(H,22,28)(H,26,27)/t15-/m0/s1. The van der Waals surface area contributed by atoms with Crippen molar-refractivity contribution in [2.45, 2.75) is 51.7 Å². The Kier molecular flexibility index (Phi) is 12.9. The van der Waals surface area contributed by atoms with Crippen molar-refractivity contribution in [3.05, 3.63) is 22.1 Å². The number of hydrogen-bond acceptors (Lipinski definition) is 9. The van der Waals surface area contributed by atoms with Crippen molar-refractivity contribution in [1.82, 2.24) is 15.1 Å². The zero-order valence-electron chi connectivity index (χ0n) is 20.0.